The minimum Gasteiger partial charge on any atom is -0.464 e. The number of rotatable bonds is 2. The molecule has 1 aromatic rings. The molecule has 2 rings (SSSR count). The minimum absolute atomic E-state index is 0.0698. The number of carbonyl (C=O) groups is 1. The van der Waals surface area contributed by atoms with Crippen molar-refractivity contribution in [1.29, 1.82) is 0 Å². The van der Waals surface area contributed by atoms with Crippen LogP contribution in [-0.4, -0.2) is 39.3 Å². The van der Waals surface area contributed by atoms with Gasteiger partial charge in [-0.25, -0.2) is 9.48 Å². The smallest absolute Gasteiger partial charge is 0.360 e. The maximum Gasteiger partial charge on any atom is 0.360 e. The third kappa shape index (κ3) is 2.06. The van der Waals surface area contributed by atoms with Crippen molar-refractivity contribution < 1.29 is 14.6 Å². The lowest BCUT2D eigenvalue weighted by Crippen LogP contribution is -2.27. The molecule has 0 bridgehead atoms. The van der Waals surface area contributed by atoms with Crippen molar-refractivity contribution in [3.63, 3.8) is 0 Å². The van der Waals surface area contributed by atoms with Gasteiger partial charge in [-0.2, -0.15) is 0 Å². The third-order valence-electron chi connectivity index (χ3n) is 2.94. The van der Waals surface area contributed by atoms with E-state index < -0.39 is 12.1 Å². The van der Waals surface area contributed by atoms with E-state index in [2.05, 4.69) is 15.0 Å². The van der Waals surface area contributed by atoms with Crippen molar-refractivity contribution in [2.45, 2.75) is 37.8 Å². The quantitative estimate of drug-likeness (QED) is 0.743. The van der Waals surface area contributed by atoms with Crippen molar-refractivity contribution in [3.8, 4) is 0 Å². The molecule has 88 valence electrons. The van der Waals surface area contributed by atoms with Crippen molar-refractivity contribution in [3.05, 3.63) is 11.9 Å². The molecule has 2 atom stereocenters. The van der Waals surface area contributed by atoms with Crippen LogP contribution in [0.2, 0.25) is 0 Å². The van der Waals surface area contributed by atoms with Crippen LogP contribution in [0.3, 0.4) is 0 Å². The van der Waals surface area contributed by atoms with Gasteiger partial charge < -0.3 is 9.84 Å². The number of nitrogens with zero attached hydrogens (tertiary/aromatic N) is 3. The zero-order valence-electron chi connectivity index (χ0n) is 9.17. The molecule has 0 radical (unpaired) electrons. The molecule has 1 aromatic heterocycles. The van der Waals surface area contributed by atoms with Crippen LogP contribution in [0.4, 0.5) is 0 Å². The molecule has 1 heterocycles. The van der Waals surface area contributed by atoms with E-state index in [9.17, 15) is 9.90 Å². The highest BCUT2D eigenvalue weighted by Crippen LogP contribution is 2.27. The lowest BCUT2D eigenvalue weighted by Gasteiger charge is -2.26. The molecule has 6 nitrogen and oxygen atoms in total. The van der Waals surface area contributed by atoms with Crippen molar-refractivity contribution in [2.24, 2.45) is 0 Å². The lowest BCUT2D eigenvalue weighted by molar-refractivity contribution is 0.0591. The van der Waals surface area contributed by atoms with Crippen LogP contribution in [0.1, 0.15) is 42.2 Å². The molecule has 0 amide bonds. The van der Waals surface area contributed by atoms with E-state index in [1.165, 1.54) is 13.3 Å². The molecule has 0 aliphatic heterocycles. The number of methoxy groups -OCH3 is 1. The highest BCUT2D eigenvalue weighted by Gasteiger charge is 2.26. The predicted molar refractivity (Wildman–Crippen MR) is 54.9 cm³/mol. The van der Waals surface area contributed by atoms with Crippen LogP contribution >= 0.6 is 0 Å². The molecule has 1 aliphatic rings. The monoisotopic (exact) mass is 225 g/mol. The Labute approximate surface area is 93.2 Å². The molecular weight excluding hydrogens is 210 g/mol. The fraction of sp³-hybridized carbons (Fsp3) is 0.700. The molecule has 2 unspecified atom stereocenters. The summed E-state index contributed by atoms with van der Waals surface area (Å²) in [6.45, 7) is 0. The number of aliphatic hydroxyl groups excluding tert-OH is 1. The fourth-order valence-corrected chi connectivity index (χ4v) is 2.04. The van der Waals surface area contributed by atoms with E-state index in [1.54, 1.807) is 4.68 Å². The van der Waals surface area contributed by atoms with Gasteiger partial charge in [0.15, 0.2) is 5.69 Å². The standard InChI is InChI=1S/C10H15N3O3/c1-16-10(15)7-6-13(12-11-7)8-4-2-3-5-9(8)14/h6,8-9,14H,2-5H2,1H3. The molecule has 1 aliphatic carbocycles. The van der Waals surface area contributed by atoms with Crippen LogP contribution in [-0.2, 0) is 4.74 Å². The number of aliphatic hydroxyl groups is 1. The highest BCUT2D eigenvalue weighted by atomic mass is 16.5. The summed E-state index contributed by atoms with van der Waals surface area (Å²) in [6, 6.07) is -0.0698. The Balaban J connectivity index is 2.14. The molecule has 6 heteroatoms. The van der Waals surface area contributed by atoms with E-state index in [4.69, 9.17) is 0 Å². The summed E-state index contributed by atoms with van der Waals surface area (Å²) in [5.41, 5.74) is 0.181. The van der Waals surface area contributed by atoms with E-state index in [0.717, 1.165) is 25.7 Å². The van der Waals surface area contributed by atoms with Gasteiger partial charge in [-0.1, -0.05) is 18.1 Å². The second-order valence-corrected chi connectivity index (χ2v) is 3.99. The van der Waals surface area contributed by atoms with Crippen molar-refractivity contribution in [2.75, 3.05) is 7.11 Å². The van der Waals surface area contributed by atoms with E-state index in [1.807, 2.05) is 0 Å². The number of carbonyl (C=O) groups excluding carboxylic acids is 1. The van der Waals surface area contributed by atoms with Crippen LogP contribution in [0.15, 0.2) is 6.20 Å². The summed E-state index contributed by atoms with van der Waals surface area (Å²) in [5, 5.41) is 17.4. The van der Waals surface area contributed by atoms with Gasteiger partial charge in [0.05, 0.1) is 25.5 Å². The van der Waals surface area contributed by atoms with Crippen LogP contribution in [0.25, 0.3) is 0 Å². The number of ether oxygens (including phenoxy) is 1. The Morgan fingerprint density at radius 2 is 2.31 bits per heavy atom. The molecule has 0 saturated heterocycles. The Kier molecular flexibility index (Phi) is 3.19. The summed E-state index contributed by atoms with van der Waals surface area (Å²) in [6.07, 6.45) is 4.88. The zero-order chi connectivity index (χ0) is 11.5. The molecule has 0 spiro atoms. The molecule has 1 N–H and O–H groups in total. The molecule has 0 aromatic carbocycles. The fourth-order valence-electron chi connectivity index (χ4n) is 2.04. The largest absolute Gasteiger partial charge is 0.464 e. The highest BCUT2D eigenvalue weighted by molar-refractivity contribution is 5.86. The molecule has 1 fully saturated rings. The van der Waals surface area contributed by atoms with Gasteiger partial charge in [0.1, 0.15) is 0 Å². The predicted octanol–water partition coefficient (Wildman–Crippen LogP) is 0.541. The van der Waals surface area contributed by atoms with Gasteiger partial charge in [0.2, 0.25) is 0 Å². The zero-order valence-corrected chi connectivity index (χ0v) is 9.17. The van der Waals surface area contributed by atoms with Crippen LogP contribution < -0.4 is 0 Å². The summed E-state index contributed by atoms with van der Waals surface area (Å²) < 4.78 is 6.11. The second-order valence-electron chi connectivity index (χ2n) is 3.99. The van der Waals surface area contributed by atoms with Gasteiger partial charge in [0.25, 0.3) is 0 Å². The summed E-state index contributed by atoms with van der Waals surface area (Å²) >= 11 is 0. The van der Waals surface area contributed by atoms with Gasteiger partial charge in [-0.15, -0.1) is 5.10 Å². The van der Waals surface area contributed by atoms with Gasteiger partial charge in [-0.3, -0.25) is 0 Å². The summed E-state index contributed by atoms with van der Waals surface area (Å²) in [7, 11) is 1.30. The first-order valence-electron chi connectivity index (χ1n) is 5.40. The number of hydrogen-bond acceptors (Lipinski definition) is 5. The molecule has 16 heavy (non-hydrogen) atoms. The average molecular weight is 225 g/mol. The number of hydrogen-bond donors (Lipinski definition) is 1. The first-order chi connectivity index (χ1) is 7.72. The van der Waals surface area contributed by atoms with Crippen LogP contribution in [0.5, 0.6) is 0 Å². The summed E-state index contributed by atoms with van der Waals surface area (Å²) in [4.78, 5) is 11.2. The Morgan fingerprint density at radius 3 is 3.00 bits per heavy atom. The number of aromatic nitrogens is 3. The first kappa shape index (κ1) is 11.1. The second kappa shape index (κ2) is 4.61. The van der Waals surface area contributed by atoms with Gasteiger partial charge >= 0.3 is 5.97 Å². The van der Waals surface area contributed by atoms with E-state index in [0.29, 0.717) is 0 Å². The lowest BCUT2D eigenvalue weighted by atomic mass is 9.93. The minimum atomic E-state index is -0.503. The van der Waals surface area contributed by atoms with Gasteiger partial charge in [0, 0.05) is 0 Å². The number of esters is 1. The SMILES string of the molecule is COC(=O)c1cn(C2CCCCC2O)nn1. The summed E-state index contributed by atoms with van der Waals surface area (Å²) in [5.74, 6) is -0.503. The third-order valence-corrected chi connectivity index (χ3v) is 2.94. The Hall–Kier alpha value is -1.43. The topological polar surface area (TPSA) is 77.2 Å². The van der Waals surface area contributed by atoms with E-state index in [-0.39, 0.29) is 11.7 Å². The van der Waals surface area contributed by atoms with Crippen LogP contribution in [0, 0.1) is 0 Å². The molecule has 1 saturated carbocycles. The maximum absolute atomic E-state index is 11.2. The Bertz CT molecular complexity index is 377. The van der Waals surface area contributed by atoms with Gasteiger partial charge in [-0.05, 0) is 12.8 Å². The Morgan fingerprint density at radius 1 is 1.56 bits per heavy atom. The van der Waals surface area contributed by atoms with E-state index >= 15 is 0 Å². The van der Waals surface area contributed by atoms with Crippen molar-refractivity contribution in [1.82, 2.24) is 15.0 Å². The first-order valence-corrected chi connectivity index (χ1v) is 5.40. The molecular formula is C10H15N3O3. The average Bonchev–Trinajstić information content (AvgIpc) is 2.78. The maximum atomic E-state index is 11.2. The van der Waals surface area contributed by atoms with Crippen molar-refractivity contribution >= 4 is 5.97 Å². The normalized spacial score (nSPS) is 25.4.